The summed E-state index contributed by atoms with van der Waals surface area (Å²) >= 11 is 1.37. The van der Waals surface area contributed by atoms with Crippen molar-refractivity contribution in [2.45, 2.75) is 49.3 Å². The molecule has 4 aromatic rings. The van der Waals surface area contributed by atoms with Gasteiger partial charge in [0, 0.05) is 23.4 Å². The van der Waals surface area contributed by atoms with Gasteiger partial charge in [0.05, 0.1) is 11.8 Å². The van der Waals surface area contributed by atoms with Crippen molar-refractivity contribution >= 4 is 34.7 Å². The number of aromatic nitrogens is 5. The van der Waals surface area contributed by atoms with Crippen molar-refractivity contribution < 1.29 is 18.7 Å². The van der Waals surface area contributed by atoms with Gasteiger partial charge in [-0.15, -0.1) is 0 Å². The summed E-state index contributed by atoms with van der Waals surface area (Å²) in [6.45, 7) is 6.32. The molecular formula is C22H23N7O4S. The van der Waals surface area contributed by atoms with E-state index < -0.39 is 0 Å². The van der Waals surface area contributed by atoms with Gasteiger partial charge in [0.1, 0.15) is 12.6 Å². The third-order valence-corrected chi connectivity index (χ3v) is 5.99. The van der Waals surface area contributed by atoms with Gasteiger partial charge in [0.25, 0.3) is 0 Å². The predicted octanol–water partition coefficient (Wildman–Crippen LogP) is 3.25. The van der Waals surface area contributed by atoms with Crippen LogP contribution in [0.4, 0.5) is 5.82 Å². The number of carbonyl (C=O) groups excluding carboxylic acids is 1. The number of nitrogens with one attached hydrogen (secondary N) is 1. The average Bonchev–Trinajstić information content (AvgIpc) is 3.51. The average molecular weight is 482 g/mol. The third-order valence-electron chi connectivity index (χ3n) is 4.94. The summed E-state index contributed by atoms with van der Waals surface area (Å²) in [6.07, 6.45) is 4.72. The molecule has 3 N–H and O–H groups in total. The zero-order chi connectivity index (χ0) is 23.9. The molecule has 1 aliphatic rings. The number of fused-ring (bicyclic) bond motifs is 2. The van der Waals surface area contributed by atoms with Gasteiger partial charge >= 0.3 is 0 Å². The maximum absolute atomic E-state index is 12.5. The van der Waals surface area contributed by atoms with Crippen LogP contribution in [0.15, 0.2) is 45.4 Å². The Balaban J connectivity index is 1.54. The summed E-state index contributed by atoms with van der Waals surface area (Å²) in [6, 6.07) is 3.69. The van der Waals surface area contributed by atoms with Gasteiger partial charge < -0.3 is 29.5 Å². The Morgan fingerprint density at radius 3 is 2.74 bits per heavy atom. The van der Waals surface area contributed by atoms with Crippen molar-refractivity contribution in [3.05, 3.63) is 30.9 Å². The highest BCUT2D eigenvalue weighted by molar-refractivity contribution is 7.99. The van der Waals surface area contributed by atoms with Crippen molar-refractivity contribution in [3.63, 3.8) is 0 Å². The van der Waals surface area contributed by atoms with Crippen molar-refractivity contribution in [1.29, 1.82) is 0 Å². The van der Waals surface area contributed by atoms with Gasteiger partial charge in [0.2, 0.25) is 18.6 Å². The standard InChI is InChI=1S/C22H23N7O4S/c1-22(2,3)28-16(30)4-6-29-19-17(18(23)25-10-26-19)27-21(29)34-15-9-14-13(32-11-33-14)8-12(15)20-24-5-7-31-20/h5,7-10H,4,6,11H2,1-3H3,(H,28,30)(H2,23,25,26). The van der Waals surface area contributed by atoms with Crippen LogP contribution in [0.3, 0.4) is 0 Å². The summed E-state index contributed by atoms with van der Waals surface area (Å²) in [4.78, 5) is 30.7. The summed E-state index contributed by atoms with van der Waals surface area (Å²) in [7, 11) is 0. The fourth-order valence-corrected chi connectivity index (χ4v) is 4.58. The minimum Gasteiger partial charge on any atom is -0.454 e. The molecule has 0 unspecified atom stereocenters. The number of oxazole rings is 1. The smallest absolute Gasteiger partial charge is 0.231 e. The molecule has 4 heterocycles. The fraction of sp³-hybridized carbons (Fsp3) is 0.318. The van der Waals surface area contributed by atoms with Crippen molar-refractivity contribution in [3.8, 4) is 23.0 Å². The van der Waals surface area contributed by atoms with Gasteiger partial charge in [-0.05, 0) is 32.9 Å². The van der Waals surface area contributed by atoms with Crippen molar-refractivity contribution in [1.82, 2.24) is 29.8 Å². The van der Waals surface area contributed by atoms with Crippen molar-refractivity contribution in [2.24, 2.45) is 0 Å². The van der Waals surface area contributed by atoms with Gasteiger partial charge in [-0.25, -0.2) is 19.9 Å². The number of imidazole rings is 1. The Kier molecular flexibility index (Phi) is 5.52. The van der Waals surface area contributed by atoms with E-state index in [9.17, 15) is 4.79 Å². The lowest BCUT2D eigenvalue weighted by Gasteiger charge is -2.20. The first kappa shape index (κ1) is 22.0. The number of nitrogen functional groups attached to an aromatic ring is 1. The SMILES string of the molecule is CC(C)(C)NC(=O)CCn1c(Sc2cc3c(cc2-c2ncco2)OCO3)nc2c(N)ncnc21. The summed E-state index contributed by atoms with van der Waals surface area (Å²) < 4.78 is 18.5. The second kappa shape index (κ2) is 8.52. The van der Waals surface area contributed by atoms with E-state index in [-0.39, 0.29) is 30.5 Å². The highest BCUT2D eigenvalue weighted by Gasteiger charge is 2.24. The molecule has 3 aromatic heterocycles. The molecule has 11 nitrogen and oxygen atoms in total. The van der Waals surface area contributed by atoms with Gasteiger partial charge in [-0.1, -0.05) is 11.8 Å². The zero-order valence-corrected chi connectivity index (χ0v) is 19.7. The Hall–Kier alpha value is -3.80. The number of anilines is 1. The van der Waals surface area contributed by atoms with E-state index in [1.54, 1.807) is 6.20 Å². The van der Waals surface area contributed by atoms with E-state index in [1.807, 2.05) is 37.5 Å². The van der Waals surface area contributed by atoms with E-state index >= 15 is 0 Å². The molecule has 176 valence electrons. The van der Waals surface area contributed by atoms with E-state index in [4.69, 9.17) is 24.6 Å². The second-order valence-corrected chi connectivity index (χ2v) is 9.68. The molecule has 0 aliphatic carbocycles. The highest BCUT2D eigenvalue weighted by atomic mass is 32.2. The first-order valence-electron chi connectivity index (χ1n) is 10.6. The largest absolute Gasteiger partial charge is 0.454 e. The van der Waals surface area contributed by atoms with Crippen LogP contribution in [0, 0.1) is 0 Å². The minimum absolute atomic E-state index is 0.0733. The zero-order valence-electron chi connectivity index (χ0n) is 18.9. The van der Waals surface area contributed by atoms with Gasteiger partial charge in [-0.3, -0.25) is 4.79 Å². The van der Waals surface area contributed by atoms with E-state index in [0.29, 0.717) is 40.3 Å². The third kappa shape index (κ3) is 4.36. The maximum Gasteiger partial charge on any atom is 0.231 e. The first-order valence-corrected chi connectivity index (χ1v) is 11.4. The van der Waals surface area contributed by atoms with E-state index in [0.717, 1.165) is 10.5 Å². The minimum atomic E-state index is -0.324. The summed E-state index contributed by atoms with van der Waals surface area (Å²) in [5.74, 6) is 1.86. The van der Waals surface area contributed by atoms with E-state index in [1.165, 1.54) is 24.4 Å². The number of carbonyl (C=O) groups is 1. The summed E-state index contributed by atoms with van der Waals surface area (Å²) in [5.41, 5.74) is 7.50. The van der Waals surface area contributed by atoms with Gasteiger partial charge in [-0.2, -0.15) is 0 Å². The number of rotatable bonds is 6. The number of benzene rings is 1. The molecule has 0 fully saturated rings. The molecule has 0 radical (unpaired) electrons. The molecular weight excluding hydrogens is 458 g/mol. The van der Waals surface area contributed by atoms with Crippen LogP contribution in [-0.2, 0) is 11.3 Å². The number of aryl methyl sites for hydroxylation is 1. The quantitative estimate of drug-likeness (QED) is 0.421. The molecule has 0 atom stereocenters. The maximum atomic E-state index is 12.5. The van der Waals surface area contributed by atoms with Crippen LogP contribution >= 0.6 is 11.8 Å². The lowest BCUT2D eigenvalue weighted by atomic mass is 10.1. The van der Waals surface area contributed by atoms with E-state index in [2.05, 4.69) is 20.3 Å². The highest BCUT2D eigenvalue weighted by Crippen LogP contribution is 2.44. The topological polar surface area (TPSA) is 143 Å². The molecule has 0 saturated carbocycles. The molecule has 5 rings (SSSR count). The summed E-state index contributed by atoms with van der Waals surface area (Å²) in [5, 5.41) is 3.57. The number of amides is 1. The second-order valence-electron chi connectivity index (χ2n) is 8.67. The number of hydrogen-bond donors (Lipinski definition) is 2. The monoisotopic (exact) mass is 481 g/mol. The molecule has 1 aromatic carbocycles. The number of hydrogen-bond acceptors (Lipinski definition) is 10. The molecule has 1 aliphatic heterocycles. The molecule has 0 saturated heterocycles. The Bertz CT molecular complexity index is 1360. The lowest BCUT2D eigenvalue weighted by Crippen LogP contribution is -2.40. The number of nitrogens with zero attached hydrogens (tertiary/aromatic N) is 5. The molecule has 1 amide bonds. The molecule has 12 heteroatoms. The predicted molar refractivity (Wildman–Crippen MR) is 124 cm³/mol. The number of ether oxygens (including phenoxy) is 2. The Morgan fingerprint density at radius 2 is 2.00 bits per heavy atom. The number of nitrogens with two attached hydrogens (primary N) is 1. The first-order chi connectivity index (χ1) is 16.3. The van der Waals surface area contributed by atoms with Gasteiger partial charge in [0.15, 0.2) is 33.6 Å². The van der Waals surface area contributed by atoms with Crippen LogP contribution in [0.5, 0.6) is 11.5 Å². The van der Waals surface area contributed by atoms with Crippen LogP contribution in [-0.4, -0.2) is 42.7 Å². The normalized spacial score (nSPS) is 12.9. The fourth-order valence-electron chi connectivity index (χ4n) is 3.54. The molecule has 34 heavy (non-hydrogen) atoms. The molecule has 0 spiro atoms. The molecule has 0 bridgehead atoms. The van der Waals surface area contributed by atoms with Crippen molar-refractivity contribution in [2.75, 3.05) is 12.5 Å². The van der Waals surface area contributed by atoms with Crippen LogP contribution in [0.25, 0.3) is 22.6 Å². The Labute approximate surface area is 199 Å². The lowest BCUT2D eigenvalue weighted by molar-refractivity contribution is -0.122. The van der Waals surface area contributed by atoms with Crippen LogP contribution < -0.4 is 20.5 Å². The Morgan fingerprint density at radius 1 is 1.21 bits per heavy atom. The van der Waals surface area contributed by atoms with Crippen LogP contribution in [0.1, 0.15) is 27.2 Å². The van der Waals surface area contributed by atoms with Crippen LogP contribution in [0.2, 0.25) is 0 Å².